The highest BCUT2D eigenvalue weighted by molar-refractivity contribution is 5.36. The summed E-state index contributed by atoms with van der Waals surface area (Å²) in [6.45, 7) is 1.85. The Hall–Kier alpha value is -2.38. The summed E-state index contributed by atoms with van der Waals surface area (Å²) in [6, 6.07) is 13.1. The molecule has 102 valence electrons. The fraction of sp³-hybridized carbons (Fsp3) is 0.188. The van der Waals surface area contributed by atoms with E-state index >= 15 is 0 Å². The predicted octanol–water partition coefficient (Wildman–Crippen LogP) is 3.33. The van der Waals surface area contributed by atoms with Gasteiger partial charge in [0.15, 0.2) is 0 Å². The molecule has 0 amide bonds. The van der Waals surface area contributed by atoms with Crippen LogP contribution in [0.3, 0.4) is 0 Å². The van der Waals surface area contributed by atoms with Crippen molar-refractivity contribution in [2.45, 2.75) is 19.6 Å². The van der Waals surface area contributed by atoms with Gasteiger partial charge in [-0.15, -0.1) is 0 Å². The lowest BCUT2D eigenvalue weighted by molar-refractivity contribution is 0.189. The summed E-state index contributed by atoms with van der Waals surface area (Å²) >= 11 is 0. The molecule has 4 heteroatoms. The predicted molar refractivity (Wildman–Crippen MR) is 72.5 cm³/mol. The molecule has 2 rings (SSSR count). The highest BCUT2D eigenvalue weighted by atomic mass is 19.1. The number of hydrogen-bond donors (Lipinski definition) is 1. The van der Waals surface area contributed by atoms with E-state index in [2.05, 4.69) is 0 Å². The summed E-state index contributed by atoms with van der Waals surface area (Å²) in [4.78, 5) is 0. The zero-order chi connectivity index (χ0) is 14.5. The lowest BCUT2D eigenvalue weighted by atomic mass is 10.1. The van der Waals surface area contributed by atoms with Crippen LogP contribution in [0.5, 0.6) is 5.75 Å². The van der Waals surface area contributed by atoms with Crippen molar-refractivity contribution in [3.8, 4) is 11.8 Å². The van der Waals surface area contributed by atoms with E-state index in [1.54, 1.807) is 31.2 Å². The standard InChI is InChI=1S/C16H14FNO2/c1-11(19)15-8-14(17)6-7-16(15)20-10-13-4-2-12(9-18)3-5-13/h2-8,11,19H,10H2,1H3/t11-/m0/s1. The number of hydrogen-bond acceptors (Lipinski definition) is 3. The minimum atomic E-state index is -0.804. The van der Waals surface area contributed by atoms with Gasteiger partial charge in [-0.05, 0) is 42.8 Å². The zero-order valence-corrected chi connectivity index (χ0v) is 11.0. The van der Waals surface area contributed by atoms with Crippen molar-refractivity contribution >= 4 is 0 Å². The van der Waals surface area contributed by atoms with Gasteiger partial charge in [0, 0.05) is 5.56 Å². The number of aliphatic hydroxyl groups excluding tert-OH is 1. The maximum Gasteiger partial charge on any atom is 0.125 e. The SMILES string of the molecule is C[C@H](O)c1cc(F)ccc1OCc1ccc(C#N)cc1. The summed E-state index contributed by atoms with van der Waals surface area (Å²) in [7, 11) is 0. The first-order chi connectivity index (χ1) is 9.60. The Morgan fingerprint density at radius 3 is 2.55 bits per heavy atom. The van der Waals surface area contributed by atoms with Crippen molar-refractivity contribution in [1.29, 1.82) is 5.26 Å². The second kappa shape index (κ2) is 6.18. The maximum absolute atomic E-state index is 13.2. The molecule has 3 nitrogen and oxygen atoms in total. The van der Waals surface area contributed by atoms with Gasteiger partial charge in [-0.1, -0.05) is 12.1 Å². The molecule has 2 aromatic carbocycles. The highest BCUT2D eigenvalue weighted by Crippen LogP contribution is 2.26. The van der Waals surface area contributed by atoms with Crippen molar-refractivity contribution in [2.75, 3.05) is 0 Å². The summed E-state index contributed by atoms with van der Waals surface area (Å²) in [5, 5.41) is 18.3. The van der Waals surface area contributed by atoms with Gasteiger partial charge in [-0.2, -0.15) is 5.26 Å². The van der Waals surface area contributed by atoms with Crippen molar-refractivity contribution in [3.05, 3.63) is 65.0 Å². The van der Waals surface area contributed by atoms with E-state index in [9.17, 15) is 9.50 Å². The first-order valence-corrected chi connectivity index (χ1v) is 6.19. The molecule has 0 heterocycles. The van der Waals surface area contributed by atoms with Gasteiger partial charge in [0.25, 0.3) is 0 Å². The number of aliphatic hydroxyl groups is 1. The molecule has 0 saturated heterocycles. The van der Waals surface area contributed by atoms with E-state index in [4.69, 9.17) is 10.00 Å². The van der Waals surface area contributed by atoms with Crippen LogP contribution < -0.4 is 4.74 Å². The summed E-state index contributed by atoms with van der Waals surface area (Å²) < 4.78 is 18.8. The molecule has 1 N–H and O–H groups in total. The van der Waals surface area contributed by atoms with Gasteiger partial charge in [0.2, 0.25) is 0 Å². The van der Waals surface area contributed by atoms with Crippen molar-refractivity contribution in [2.24, 2.45) is 0 Å². The molecule has 0 aliphatic heterocycles. The van der Waals surface area contributed by atoms with Crippen LogP contribution in [0.25, 0.3) is 0 Å². The van der Waals surface area contributed by atoms with E-state index in [0.29, 0.717) is 16.9 Å². The first-order valence-electron chi connectivity index (χ1n) is 6.19. The Kier molecular flexibility index (Phi) is 4.34. The van der Waals surface area contributed by atoms with Crippen molar-refractivity contribution < 1.29 is 14.2 Å². The van der Waals surface area contributed by atoms with Gasteiger partial charge in [0.05, 0.1) is 17.7 Å². The van der Waals surface area contributed by atoms with Gasteiger partial charge < -0.3 is 9.84 Å². The van der Waals surface area contributed by atoms with Crippen molar-refractivity contribution in [1.82, 2.24) is 0 Å². The smallest absolute Gasteiger partial charge is 0.125 e. The Bertz CT molecular complexity index is 630. The Labute approximate surface area is 116 Å². The van der Waals surface area contributed by atoms with Gasteiger partial charge >= 0.3 is 0 Å². The summed E-state index contributed by atoms with van der Waals surface area (Å²) in [6.07, 6.45) is -0.804. The van der Waals surface area contributed by atoms with Gasteiger partial charge in [-0.3, -0.25) is 0 Å². The van der Waals surface area contributed by atoms with E-state index < -0.39 is 11.9 Å². The fourth-order valence-electron chi connectivity index (χ4n) is 1.81. The monoisotopic (exact) mass is 271 g/mol. The normalized spacial score (nSPS) is 11.7. The second-order valence-corrected chi connectivity index (χ2v) is 4.46. The number of rotatable bonds is 4. The van der Waals surface area contributed by atoms with Crippen LogP contribution in [-0.4, -0.2) is 5.11 Å². The van der Waals surface area contributed by atoms with Gasteiger partial charge in [0.1, 0.15) is 18.2 Å². The molecule has 0 radical (unpaired) electrons. The maximum atomic E-state index is 13.2. The second-order valence-electron chi connectivity index (χ2n) is 4.46. The zero-order valence-electron chi connectivity index (χ0n) is 11.0. The van der Waals surface area contributed by atoms with E-state index in [0.717, 1.165) is 5.56 Å². The first kappa shape index (κ1) is 14.0. The summed E-state index contributed by atoms with van der Waals surface area (Å²) in [5.41, 5.74) is 1.89. The molecule has 1 atom stereocenters. The van der Waals surface area contributed by atoms with Crippen LogP contribution >= 0.6 is 0 Å². The number of ether oxygens (including phenoxy) is 1. The van der Waals surface area contributed by atoms with Crippen LogP contribution in [0, 0.1) is 17.1 Å². The van der Waals surface area contributed by atoms with Crippen molar-refractivity contribution in [3.63, 3.8) is 0 Å². The number of nitriles is 1. The Morgan fingerprint density at radius 2 is 1.95 bits per heavy atom. The number of benzene rings is 2. The average molecular weight is 271 g/mol. The molecule has 0 aliphatic carbocycles. The number of nitrogens with zero attached hydrogens (tertiary/aromatic N) is 1. The summed E-state index contributed by atoms with van der Waals surface area (Å²) in [5.74, 6) is 0.0392. The molecular formula is C16H14FNO2. The lowest BCUT2D eigenvalue weighted by Crippen LogP contribution is -2.01. The van der Waals surface area contributed by atoms with E-state index in [-0.39, 0.29) is 6.61 Å². The molecule has 0 spiro atoms. The topological polar surface area (TPSA) is 53.2 Å². The molecule has 0 saturated carbocycles. The molecule has 0 aromatic heterocycles. The van der Waals surface area contributed by atoms with E-state index in [1.165, 1.54) is 18.2 Å². The van der Waals surface area contributed by atoms with Crippen LogP contribution in [0.2, 0.25) is 0 Å². The largest absolute Gasteiger partial charge is 0.489 e. The highest BCUT2D eigenvalue weighted by Gasteiger charge is 2.10. The third kappa shape index (κ3) is 3.34. The lowest BCUT2D eigenvalue weighted by Gasteiger charge is -2.13. The third-order valence-electron chi connectivity index (χ3n) is 2.90. The van der Waals surface area contributed by atoms with Gasteiger partial charge in [-0.25, -0.2) is 4.39 Å². The minimum Gasteiger partial charge on any atom is -0.489 e. The van der Waals surface area contributed by atoms with Crippen LogP contribution in [0.15, 0.2) is 42.5 Å². The molecule has 20 heavy (non-hydrogen) atoms. The molecule has 0 unspecified atom stereocenters. The quantitative estimate of drug-likeness (QED) is 0.928. The average Bonchev–Trinajstić information content (AvgIpc) is 2.46. The number of halogens is 1. The Morgan fingerprint density at radius 1 is 1.25 bits per heavy atom. The van der Waals surface area contributed by atoms with Crippen LogP contribution in [0.1, 0.15) is 29.7 Å². The molecule has 0 fully saturated rings. The molecular weight excluding hydrogens is 257 g/mol. The van der Waals surface area contributed by atoms with E-state index in [1.807, 2.05) is 6.07 Å². The molecule has 2 aromatic rings. The van der Waals surface area contributed by atoms with Crippen LogP contribution in [-0.2, 0) is 6.61 Å². The van der Waals surface area contributed by atoms with Crippen LogP contribution in [0.4, 0.5) is 4.39 Å². The Balaban J connectivity index is 2.12. The fourth-order valence-corrected chi connectivity index (χ4v) is 1.81. The molecule has 0 aliphatic rings. The molecule has 0 bridgehead atoms. The minimum absolute atomic E-state index is 0.289. The third-order valence-corrected chi connectivity index (χ3v) is 2.90.